The van der Waals surface area contributed by atoms with Gasteiger partial charge in [0, 0.05) is 17.8 Å². The fraction of sp³-hybridized carbons (Fsp3) is 0.429. The molecule has 0 saturated heterocycles. The van der Waals surface area contributed by atoms with Gasteiger partial charge in [-0.3, -0.25) is 4.79 Å². The second-order valence-corrected chi connectivity index (χ2v) is 2.66. The fourth-order valence-electron chi connectivity index (χ4n) is 0.923. The third-order valence-electron chi connectivity index (χ3n) is 1.83. The van der Waals surface area contributed by atoms with Gasteiger partial charge in [0.15, 0.2) is 0 Å². The first-order valence-corrected chi connectivity index (χ1v) is 3.59. The molecule has 0 aliphatic heterocycles. The van der Waals surface area contributed by atoms with Gasteiger partial charge in [-0.25, -0.2) is 4.98 Å². The number of aromatic amines is 1. The van der Waals surface area contributed by atoms with Crippen molar-refractivity contribution < 1.29 is 9.90 Å². The Morgan fingerprint density at radius 2 is 2.50 bits per heavy atom. The molecule has 0 aliphatic rings. The smallest absolute Gasteiger partial charge is 0.321 e. The van der Waals surface area contributed by atoms with E-state index in [0.29, 0.717) is 0 Å². The number of imidazole rings is 1. The van der Waals surface area contributed by atoms with Gasteiger partial charge < -0.3 is 15.8 Å². The van der Waals surface area contributed by atoms with Crippen LogP contribution in [0.25, 0.3) is 0 Å². The van der Waals surface area contributed by atoms with Crippen LogP contribution in [-0.2, 0) is 4.79 Å². The Hall–Kier alpha value is -1.36. The summed E-state index contributed by atoms with van der Waals surface area (Å²) in [6, 6.07) is -0.884. The number of aromatic nitrogens is 2. The average molecular weight is 169 g/mol. The Morgan fingerprint density at radius 1 is 1.83 bits per heavy atom. The molecule has 5 heteroatoms. The standard InChI is InChI=1S/C7H11N3O2/c1-4(6(8)7(11)12)5-2-9-3-10-5/h2-4,6H,8H2,1H3,(H,9,10)(H,11,12)/t4-,6+/m1/s1. The highest BCUT2D eigenvalue weighted by molar-refractivity contribution is 5.74. The van der Waals surface area contributed by atoms with Crippen molar-refractivity contribution >= 4 is 5.97 Å². The number of rotatable bonds is 3. The summed E-state index contributed by atoms with van der Waals surface area (Å²) in [6.45, 7) is 1.74. The quantitative estimate of drug-likeness (QED) is 0.590. The van der Waals surface area contributed by atoms with Gasteiger partial charge in [0.05, 0.1) is 6.33 Å². The normalized spacial score (nSPS) is 15.5. The van der Waals surface area contributed by atoms with E-state index in [1.807, 2.05) is 0 Å². The number of nitrogens with zero attached hydrogens (tertiary/aromatic N) is 1. The van der Waals surface area contributed by atoms with Crippen molar-refractivity contribution in [1.29, 1.82) is 0 Å². The minimum Gasteiger partial charge on any atom is -0.480 e. The molecule has 1 aromatic rings. The Labute approximate surface area is 69.6 Å². The predicted octanol–water partition coefficient (Wildman–Crippen LogP) is -0.0749. The van der Waals surface area contributed by atoms with E-state index < -0.39 is 12.0 Å². The molecule has 0 aliphatic carbocycles. The molecule has 5 nitrogen and oxygen atoms in total. The molecule has 66 valence electrons. The lowest BCUT2D eigenvalue weighted by molar-refractivity contribution is -0.139. The molecule has 0 saturated carbocycles. The molecule has 0 aromatic carbocycles. The maximum Gasteiger partial charge on any atom is 0.321 e. The molecule has 1 heterocycles. The summed E-state index contributed by atoms with van der Waals surface area (Å²) in [7, 11) is 0. The summed E-state index contributed by atoms with van der Waals surface area (Å²) in [5, 5.41) is 8.59. The number of H-pyrrole nitrogens is 1. The van der Waals surface area contributed by atoms with Crippen molar-refractivity contribution in [2.75, 3.05) is 0 Å². The summed E-state index contributed by atoms with van der Waals surface area (Å²) in [6.07, 6.45) is 3.08. The lowest BCUT2D eigenvalue weighted by atomic mass is 10.0. The van der Waals surface area contributed by atoms with Gasteiger partial charge in [-0.2, -0.15) is 0 Å². The summed E-state index contributed by atoms with van der Waals surface area (Å²) >= 11 is 0. The van der Waals surface area contributed by atoms with Crippen molar-refractivity contribution in [2.45, 2.75) is 18.9 Å². The number of hydrogen-bond acceptors (Lipinski definition) is 3. The molecule has 0 radical (unpaired) electrons. The summed E-state index contributed by atoms with van der Waals surface area (Å²) in [4.78, 5) is 17.1. The average Bonchev–Trinajstić information content (AvgIpc) is 2.53. The zero-order valence-electron chi connectivity index (χ0n) is 6.69. The predicted molar refractivity (Wildman–Crippen MR) is 42.6 cm³/mol. The van der Waals surface area contributed by atoms with Gasteiger partial charge in [0.2, 0.25) is 0 Å². The largest absolute Gasteiger partial charge is 0.480 e. The van der Waals surface area contributed by atoms with Crippen LogP contribution in [0, 0.1) is 0 Å². The van der Waals surface area contributed by atoms with Crippen LogP contribution < -0.4 is 5.73 Å². The molecule has 0 fully saturated rings. The minimum absolute atomic E-state index is 0.245. The Bertz CT molecular complexity index is 258. The molecule has 2 atom stereocenters. The monoisotopic (exact) mass is 169 g/mol. The van der Waals surface area contributed by atoms with Crippen LogP contribution in [0.15, 0.2) is 12.5 Å². The lowest BCUT2D eigenvalue weighted by Crippen LogP contribution is -2.35. The van der Waals surface area contributed by atoms with Crippen molar-refractivity contribution in [3.8, 4) is 0 Å². The first-order chi connectivity index (χ1) is 5.63. The van der Waals surface area contributed by atoms with Gasteiger partial charge in [-0.05, 0) is 0 Å². The lowest BCUT2D eigenvalue weighted by Gasteiger charge is -2.13. The zero-order chi connectivity index (χ0) is 9.14. The third-order valence-corrected chi connectivity index (χ3v) is 1.83. The molecule has 4 N–H and O–H groups in total. The topological polar surface area (TPSA) is 92.0 Å². The van der Waals surface area contributed by atoms with Gasteiger partial charge >= 0.3 is 5.97 Å². The van der Waals surface area contributed by atoms with Gasteiger partial charge in [-0.15, -0.1) is 0 Å². The first-order valence-electron chi connectivity index (χ1n) is 3.59. The van der Waals surface area contributed by atoms with Gasteiger partial charge in [0.25, 0.3) is 0 Å². The van der Waals surface area contributed by atoms with Gasteiger partial charge in [0.1, 0.15) is 6.04 Å². The van der Waals surface area contributed by atoms with Crippen LogP contribution in [0.3, 0.4) is 0 Å². The number of hydrogen-bond donors (Lipinski definition) is 3. The van der Waals surface area contributed by atoms with Crippen LogP contribution in [0.4, 0.5) is 0 Å². The van der Waals surface area contributed by atoms with Crippen LogP contribution in [-0.4, -0.2) is 27.1 Å². The van der Waals surface area contributed by atoms with E-state index in [1.165, 1.54) is 6.33 Å². The minimum atomic E-state index is -1.00. The van der Waals surface area contributed by atoms with E-state index in [9.17, 15) is 4.79 Å². The maximum atomic E-state index is 10.5. The number of nitrogens with one attached hydrogen (secondary N) is 1. The number of carboxylic acids is 1. The fourth-order valence-corrected chi connectivity index (χ4v) is 0.923. The summed E-state index contributed by atoms with van der Waals surface area (Å²) in [5.41, 5.74) is 6.14. The molecular formula is C7H11N3O2. The number of carboxylic acid groups (broad SMARTS) is 1. The van der Waals surface area contributed by atoms with E-state index in [1.54, 1.807) is 13.1 Å². The third kappa shape index (κ3) is 1.62. The Kier molecular flexibility index (Phi) is 2.44. The summed E-state index contributed by atoms with van der Waals surface area (Å²) in [5.74, 6) is -1.25. The highest BCUT2D eigenvalue weighted by Gasteiger charge is 2.22. The van der Waals surface area contributed by atoms with Crippen LogP contribution in [0.2, 0.25) is 0 Å². The molecule has 0 bridgehead atoms. The van der Waals surface area contributed by atoms with Crippen molar-refractivity contribution in [3.05, 3.63) is 18.2 Å². The van der Waals surface area contributed by atoms with E-state index in [4.69, 9.17) is 10.8 Å². The van der Waals surface area contributed by atoms with Crippen molar-refractivity contribution in [2.24, 2.45) is 5.73 Å². The van der Waals surface area contributed by atoms with Gasteiger partial charge in [-0.1, -0.05) is 6.92 Å². The highest BCUT2D eigenvalue weighted by Crippen LogP contribution is 2.14. The SMILES string of the molecule is C[C@H](c1cnc[nH]1)[C@H](N)C(=O)O. The number of nitrogens with two attached hydrogens (primary N) is 1. The van der Waals surface area contributed by atoms with Crippen LogP contribution in [0.5, 0.6) is 0 Å². The molecule has 1 aromatic heterocycles. The Balaban J connectivity index is 2.71. The second kappa shape index (κ2) is 3.36. The molecular weight excluding hydrogens is 158 g/mol. The second-order valence-electron chi connectivity index (χ2n) is 2.66. The molecule has 0 spiro atoms. The number of carbonyl (C=O) groups is 1. The highest BCUT2D eigenvalue weighted by atomic mass is 16.4. The van der Waals surface area contributed by atoms with E-state index in [0.717, 1.165) is 5.69 Å². The Morgan fingerprint density at radius 3 is 2.92 bits per heavy atom. The van der Waals surface area contributed by atoms with E-state index in [-0.39, 0.29) is 5.92 Å². The number of aliphatic carboxylic acids is 1. The van der Waals surface area contributed by atoms with Crippen LogP contribution in [0.1, 0.15) is 18.5 Å². The summed E-state index contributed by atoms with van der Waals surface area (Å²) < 4.78 is 0. The molecule has 12 heavy (non-hydrogen) atoms. The van der Waals surface area contributed by atoms with Crippen molar-refractivity contribution in [1.82, 2.24) is 9.97 Å². The zero-order valence-corrected chi connectivity index (χ0v) is 6.69. The van der Waals surface area contributed by atoms with E-state index >= 15 is 0 Å². The van der Waals surface area contributed by atoms with Crippen molar-refractivity contribution in [3.63, 3.8) is 0 Å². The van der Waals surface area contributed by atoms with E-state index in [2.05, 4.69) is 9.97 Å². The molecule has 0 unspecified atom stereocenters. The molecule has 1 rings (SSSR count). The molecule has 0 amide bonds. The first kappa shape index (κ1) is 8.73. The maximum absolute atomic E-state index is 10.5. The van der Waals surface area contributed by atoms with Crippen LogP contribution >= 0.6 is 0 Å².